The maximum absolute atomic E-state index is 4.63. The van der Waals surface area contributed by atoms with Gasteiger partial charge in [-0.25, -0.2) is 0 Å². The van der Waals surface area contributed by atoms with Crippen molar-refractivity contribution in [3.63, 3.8) is 0 Å². The van der Waals surface area contributed by atoms with E-state index in [1.165, 1.54) is 12.0 Å². The average molecular weight is 421 g/mol. The van der Waals surface area contributed by atoms with Crippen LogP contribution in [0.5, 0.6) is 0 Å². The molecule has 0 unspecified atom stereocenters. The Kier molecular flexibility index (Phi) is 8.02. The fraction of sp³-hybridized carbons (Fsp3) is 0.526. The fourth-order valence-corrected chi connectivity index (χ4v) is 7.08. The first-order valence-corrected chi connectivity index (χ1v) is 11.8. The van der Waals surface area contributed by atoms with Crippen molar-refractivity contribution < 1.29 is 21.3 Å². The molecule has 0 saturated carbocycles. The zero-order chi connectivity index (χ0) is 15.1. The van der Waals surface area contributed by atoms with E-state index in [-0.39, 0.29) is 30.2 Å². The molecule has 0 aromatic carbocycles. The Bertz CT molecular complexity index is 561. The minimum absolute atomic E-state index is 0. The van der Waals surface area contributed by atoms with Crippen molar-refractivity contribution in [2.75, 3.05) is 0 Å². The number of hydrogen-bond donors (Lipinski definition) is 0. The molecule has 0 atom stereocenters. The number of allylic oxidation sites excluding steroid dienone is 8. The summed E-state index contributed by atoms with van der Waals surface area (Å²) in [5.41, 5.74) is 3.68. The number of rotatable bonds is 2. The summed E-state index contributed by atoms with van der Waals surface area (Å²) < 4.78 is 7.98. The topological polar surface area (TPSA) is 0 Å². The summed E-state index contributed by atoms with van der Waals surface area (Å²) in [5.74, 6) is 0. The third kappa shape index (κ3) is 5.15. The molecular weight excluding hydrogens is 390 g/mol. The Labute approximate surface area is 156 Å². The average Bonchev–Trinajstić information content (AvgIpc) is 2.96. The molecule has 0 bridgehead atoms. The van der Waals surface area contributed by atoms with Crippen molar-refractivity contribution in [2.24, 2.45) is 10.8 Å². The van der Waals surface area contributed by atoms with Crippen molar-refractivity contribution in [3.05, 3.63) is 42.0 Å². The molecule has 0 N–H and O–H groups in total. The maximum atomic E-state index is 4.63. The molecular formula is C19H30Cl2Zr. The predicted molar refractivity (Wildman–Crippen MR) is 102 cm³/mol. The van der Waals surface area contributed by atoms with Crippen molar-refractivity contribution >= 4 is 29.0 Å². The van der Waals surface area contributed by atoms with Gasteiger partial charge in [0.05, 0.1) is 0 Å². The molecule has 0 nitrogen and oxygen atoms in total. The second kappa shape index (κ2) is 7.91. The molecule has 0 spiro atoms. The predicted octanol–water partition coefficient (Wildman–Crippen LogP) is 6.40. The van der Waals surface area contributed by atoms with Crippen LogP contribution in [0.3, 0.4) is 0 Å². The van der Waals surface area contributed by atoms with E-state index in [1.807, 2.05) is 0 Å². The van der Waals surface area contributed by atoms with Crippen molar-refractivity contribution in [3.8, 4) is 0 Å². The molecule has 0 amide bonds. The van der Waals surface area contributed by atoms with Gasteiger partial charge < -0.3 is 0 Å². The molecule has 0 heterocycles. The Morgan fingerprint density at radius 2 is 1.50 bits per heavy atom. The molecule has 2 aliphatic carbocycles. The summed E-state index contributed by atoms with van der Waals surface area (Å²) in [6.45, 7) is 13.9. The van der Waals surface area contributed by atoms with Gasteiger partial charge in [-0.2, -0.15) is 0 Å². The normalized spacial score (nSPS) is 17.7. The van der Waals surface area contributed by atoms with Gasteiger partial charge in [0, 0.05) is 0 Å². The van der Waals surface area contributed by atoms with Crippen LogP contribution in [-0.2, 0) is 21.3 Å². The molecule has 0 aromatic rings. The van der Waals surface area contributed by atoms with Gasteiger partial charge in [0.2, 0.25) is 0 Å². The van der Waals surface area contributed by atoms with E-state index in [4.69, 9.17) is 0 Å². The van der Waals surface area contributed by atoms with Gasteiger partial charge >= 0.3 is 133 Å². The number of hydrogen-bond acceptors (Lipinski definition) is 0. The zero-order valence-corrected chi connectivity index (χ0v) is 18.8. The van der Waals surface area contributed by atoms with Gasteiger partial charge in [-0.05, 0) is 0 Å². The number of halogens is 2. The summed E-state index contributed by atoms with van der Waals surface area (Å²) >= 11 is -1.78. The molecule has 0 aromatic heterocycles. The van der Waals surface area contributed by atoms with Crippen LogP contribution in [0.4, 0.5) is 0 Å². The van der Waals surface area contributed by atoms with E-state index in [0.717, 1.165) is 6.42 Å². The van der Waals surface area contributed by atoms with Crippen LogP contribution in [0.25, 0.3) is 0 Å². The molecule has 22 heavy (non-hydrogen) atoms. The third-order valence-electron chi connectivity index (χ3n) is 4.34. The van der Waals surface area contributed by atoms with E-state index in [2.05, 4.69) is 70.1 Å². The van der Waals surface area contributed by atoms with Gasteiger partial charge in [0.15, 0.2) is 0 Å². The zero-order valence-electron chi connectivity index (χ0n) is 14.7. The van der Waals surface area contributed by atoms with Gasteiger partial charge in [-0.1, -0.05) is 0 Å². The van der Waals surface area contributed by atoms with E-state index in [1.54, 1.807) is 12.1 Å². The van der Waals surface area contributed by atoms with Crippen LogP contribution in [0.15, 0.2) is 42.0 Å². The first kappa shape index (κ1) is 22.3. The SMILES string of the molecule is Cl.Cl.[CH2]=[Zr]([C]1=CC(C(C)(C)C)=CC1)[C]1=CC=C(C(C)(C)C)C1. The van der Waals surface area contributed by atoms with Crippen LogP contribution in [0.2, 0.25) is 0 Å². The van der Waals surface area contributed by atoms with E-state index in [0.29, 0.717) is 5.41 Å². The Morgan fingerprint density at radius 1 is 0.909 bits per heavy atom. The second-order valence-electron chi connectivity index (χ2n) is 8.07. The molecule has 0 aliphatic heterocycles. The summed E-state index contributed by atoms with van der Waals surface area (Å²) in [6.07, 6.45) is 12.0. The van der Waals surface area contributed by atoms with Crippen LogP contribution >= 0.6 is 24.8 Å². The van der Waals surface area contributed by atoms with E-state index < -0.39 is 21.3 Å². The van der Waals surface area contributed by atoms with Gasteiger partial charge in [-0.15, -0.1) is 24.8 Å². The third-order valence-corrected chi connectivity index (χ3v) is 9.85. The van der Waals surface area contributed by atoms with Crippen LogP contribution in [0.1, 0.15) is 54.4 Å². The van der Waals surface area contributed by atoms with Crippen LogP contribution in [0, 0.1) is 10.8 Å². The first-order valence-electron chi connectivity index (χ1n) is 7.60. The fourth-order valence-electron chi connectivity index (χ4n) is 2.71. The van der Waals surface area contributed by atoms with Gasteiger partial charge in [0.25, 0.3) is 0 Å². The standard InChI is InChI=1S/2C9H13.CH2.2ClH.Zr/c2*1-9(2,3)8-6-4-5-7-8;;;;/h6-7H,4H2,1-3H3;4,6H,7H2,1-3H3;1H2;2*1H;. The van der Waals surface area contributed by atoms with Gasteiger partial charge in [-0.3, -0.25) is 0 Å². The molecule has 0 fully saturated rings. The second-order valence-corrected chi connectivity index (χ2v) is 13.6. The van der Waals surface area contributed by atoms with Crippen molar-refractivity contribution in [1.29, 1.82) is 0 Å². The molecule has 124 valence electrons. The summed E-state index contributed by atoms with van der Waals surface area (Å²) in [6, 6.07) is 0. The van der Waals surface area contributed by atoms with Gasteiger partial charge in [0.1, 0.15) is 0 Å². The summed E-state index contributed by atoms with van der Waals surface area (Å²) in [7, 11) is 0. The molecule has 2 rings (SSSR count). The van der Waals surface area contributed by atoms with E-state index in [9.17, 15) is 0 Å². The summed E-state index contributed by atoms with van der Waals surface area (Å²) in [4.78, 5) is 0. The van der Waals surface area contributed by atoms with Crippen molar-refractivity contribution in [2.45, 2.75) is 54.4 Å². The monoisotopic (exact) mass is 418 g/mol. The molecule has 3 heteroatoms. The van der Waals surface area contributed by atoms with Crippen LogP contribution in [-0.4, -0.2) is 4.21 Å². The van der Waals surface area contributed by atoms with E-state index >= 15 is 0 Å². The quantitative estimate of drug-likeness (QED) is 0.485. The van der Waals surface area contributed by atoms with Crippen molar-refractivity contribution in [1.82, 2.24) is 0 Å². The Balaban J connectivity index is 0.00000220. The summed E-state index contributed by atoms with van der Waals surface area (Å²) in [5, 5.41) is 0. The molecule has 0 saturated heterocycles. The molecule has 2 aliphatic rings. The minimum atomic E-state index is -1.78. The van der Waals surface area contributed by atoms with Crippen LogP contribution < -0.4 is 0 Å². The first-order chi connectivity index (χ1) is 9.09. The Hall–Kier alpha value is 0.293. The Morgan fingerprint density at radius 3 is 1.91 bits per heavy atom. The molecule has 0 radical (unpaired) electrons.